The number of hydrogen-bond donors (Lipinski definition) is 3. The van der Waals surface area contributed by atoms with Crippen LogP contribution in [0.5, 0.6) is 5.75 Å². The average molecular weight is 430 g/mol. The lowest BCUT2D eigenvalue weighted by atomic mass is 9.96. The molecule has 0 radical (unpaired) electrons. The van der Waals surface area contributed by atoms with E-state index in [-0.39, 0.29) is 5.91 Å². The van der Waals surface area contributed by atoms with E-state index in [0.717, 1.165) is 22.3 Å². The van der Waals surface area contributed by atoms with Gasteiger partial charge in [0.2, 0.25) is 12.2 Å². The molecule has 31 heavy (non-hydrogen) atoms. The van der Waals surface area contributed by atoms with Gasteiger partial charge in [-0.2, -0.15) is 0 Å². The number of aliphatic hydroxyl groups is 2. The van der Waals surface area contributed by atoms with E-state index in [1.165, 1.54) is 14.0 Å². The standard InChI is InChI=1S/C24H31NO6/c1-14-6-5-7-18(12-14)20-13-19(9-8-17(20)10-11-25-16(3)26)31-24-22(28)21(27)23(29-4)15(2)30-24/h5-9,12-13,15,21-24,27-28H,10-11H2,1-4H3,(H,25,26)/t15-,21-,22+,23-,24-/m0/s1. The molecule has 0 saturated carbocycles. The van der Waals surface area contributed by atoms with Gasteiger partial charge < -0.3 is 29.7 Å². The summed E-state index contributed by atoms with van der Waals surface area (Å²) < 4.78 is 16.9. The number of ether oxygens (including phenoxy) is 3. The predicted molar refractivity (Wildman–Crippen MR) is 117 cm³/mol. The van der Waals surface area contributed by atoms with Gasteiger partial charge in [-0.05, 0) is 49.1 Å². The summed E-state index contributed by atoms with van der Waals surface area (Å²) in [4.78, 5) is 11.2. The summed E-state index contributed by atoms with van der Waals surface area (Å²) in [7, 11) is 1.47. The summed E-state index contributed by atoms with van der Waals surface area (Å²) >= 11 is 0. The minimum absolute atomic E-state index is 0.0671. The summed E-state index contributed by atoms with van der Waals surface area (Å²) in [5, 5.41) is 23.6. The summed E-state index contributed by atoms with van der Waals surface area (Å²) in [6.07, 6.45) is -3.80. The number of carbonyl (C=O) groups is 1. The molecule has 0 aromatic heterocycles. The third-order valence-corrected chi connectivity index (χ3v) is 5.48. The molecule has 1 fully saturated rings. The molecular formula is C24H31NO6. The summed E-state index contributed by atoms with van der Waals surface area (Å²) in [5.41, 5.74) is 4.19. The number of methoxy groups -OCH3 is 1. The Labute approximate surface area is 183 Å². The van der Waals surface area contributed by atoms with Gasteiger partial charge in [0.1, 0.15) is 24.1 Å². The lowest BCUT2D eigenvalue weighted by Gasteiger charge is -2.40. The van der Waals surface area contributed by atoms with Crippen LogP contribution in [0.2, 0.25) is 0 Å². The third kappa shape index (κ3) is 5.62. The summed E-state index contributed by atoms with van der Waals surface area (Å²) in [5.74, 6) is 0.446. The Morgan fingerprint density at radius 2 is 1.94 bits per heavy atom. The summed E-state index contributed by atoms with van der Waals surface area (Å²) in [6, 6.07) is 13.8. The van der Waals surface area contributed by atoms with E-state index in [2.05, 4.69) is 11.4 Å². The molecule has 1 aliphatic heterocycles. The van der Waals surface area contributed by atoms with Crippen molar-refractivity contribution in [3.8, 4) is 16.9 Å². The van der Waals surface area contributed by atoms with E-state index >= 15 is 0 Å². The molecular weight excluding hydrogens is 398 g/mol. The molecule has 0 spiro atoms. The van der Waals surface area contributed by atoms with Crippen LogP contribution in [0.1, 0.15) is 25.0 Å². The molecule has 168 valence electrons. The van der Waals surface area contributed by atoms with E-state index in [1.807, 2.05) is 37.3 Å². The van der Waals surface area contributed by atoms with Crippen molar-refractivity contribution in [1.29, 1.82) is 0 Å². The van der Waals surface area contributed by atoms with Crippen molar-refractivity contribution in [2.24, 2.45) is 0 Å². The van der Waals surface area contributed by atoms with Gasteiger partial charge >= 0.3 is 0 Å². The van der Waals surface area contributed by atoms with Gasteiger partial charge in [0.25, 0.3) is 0 Å². The molecule has 0 aliphatic carbocycles. The lowest BCUT2D eigenvalue weighted by molar-refractivity contribution is -0.272. The van der Waals surface area contributed by atoms with Gasteiger partial charge in [-0.15, -0.1) is 0 Å². The highest BCUT2D eigenvalue weighted by Gasteiger charge is 2.44. The highest BCUT2D eigenvalue weighted by molar-refractivity contribution is 5.73. The number of aryl methyl sites for hydroxylation is 1. The van der Waals surface area contributed by atoms with E-state index in [0.29, 0.717) is 18.7 Å². The second-order valence-corrected chi connectivity index (χ2v) is 7.93. The number of rotatable bonds is 7. The SMILES string of the molecule is CO[C@@H]1[C@@H](O)[C@@H](O)[C@H](Oc2ccc(CCNC(C)=O)c(-c3cccc(C)c3)c2)O[C@H]1C. The second-order valence-electron chi connectivity index (χ2n) is 7.93. The topological polar surface area (TPSA) is 97.3 Å². The summed E-state index contributed by atoms with van der Waals surface area (Å²) in [6.45, 7) is 5.82. The zero-order valence-electron chi connectivity index (χ0n) is 18.4. The molecule has 0 bridgehead atoms. The number of nitrogens with one attached hydrogen (secondary N) is 1. The van der Waals surface area contributed by atoms with Crippen molar-refractivity contribution < 1.29 is 29.2 Å². The van der Waals surface area contributed by atoms with Gasteiger partial charge in [0, 0.05) is 20.6 Å². The Balaban J connectivity index is 1.86. The number of benzene rings is 2. The van der Waals surface area contributed by atoms with Gasteiger partial charge in [0.15, 0.2) is 0 Å². The van der Waals surface area contributed by atoms with Crippen LogP contribution in [0, 0.1) is 6.92 Å². The van der Waals surface area contributed by atoms with Gasteiger partial charge in [-0.25, -0.2) is 0 Å². The molecule has 1 amide bonds. The number of carbonyl (C=O) groups excluding carboxylic acids is 1. The van der Waals surface area contributed by atoms with Crippen LogP contribution in [-0.2, 0) is 20.7 Å². The highest BCUT2D eigenvalue weighted by atomic mass is 16.7. The van der Waals surface area contributed by atoms with E-state index < -0.39 is 30.7 Å². The number of hydrogen-bond acceptors (Lipinski definition) is 6. The maximum Gasteiger partial charge on any atom is 0.229 e. The molecule has 1 saturated heterocycles. The smallest absolute Gasteiger partial charge is 0.229 e. The van der Waals surface area contributed by atoms with Crippen LogP contribution >= 0.6 is 0 Å². The van der Waals surface area contributed by atoms with Crippen LogP contribution in [0.4, 0.5) is 0 Å². The molecule has 2 aromatic carbocycles. The van der Waals surface area contributed by atoms with Crippen molar-refractivity contribution in [2.45, 2.75) is 57.9 Å². The second kappa shape index (κ2) is 10.2. The van der Waals surface area contributed by atoms with Crippen LogP contribution in [-0.4, -0.2) is 60.5 Å². The Morgan fingerprint density at radius 3 is 2.61 bits per heavy atom. The zero-order chi connectivity index (χ0) is 22.5. The van der Waals surface area contributed by atoms with E-state index in [1.54, 1.807) is 13.0 Å². The maximum atomic E-state index is 11.2. The monoisotopic (exact) mass is 429 g/mol. The Morgan fingerprint density at radius 1 is 1.16 bits per heavy atom. The Bertz CT molecular complexity index is 901. The molecule has 1 aliphatic rings. The van der Waals surface area contributed by atoms with Crippen molar-refractivity contribution in [3.05, 3.63) is 53.6 Å². The van der Waals surface area contributed by atoms with E-state index in [4.69, 9.17) is 14.2 Å². The first-order chi connectivity index (χ1) is 14.8. The quantitative estimate of drug-likeness (QED) is 0.624. The van der Waals surface area contributed by atoms with Crippen molar-refractivity contribution in [3.63, 3.8) is 0 Å². The molecule has 1 heterocycles. The first-order valence-electron chi connectivity index (χ1n) is 10.5. The highest BCUT2D eigenvalue weighted by Crippen LogP contribution is 2.31. The predicted octanol–water partition coefficient (Wildman–Crippen LogP) is 2.20. The molecule has 7 heteroatoms. The van der Waals surface area contributed by atoms with Crippen molar-refractivity contribution >= 4 is 5.91 Å². The average Bonchev–Trinajstić information content (AvgIpc) is 2.73. The maximum absolute atomic E-state index is 11.2. The number of aliphatic hydroxyl groups excluding tert-OH is 2. The van der Waals surface area contributed by atoms with Crippen LogP contribution in [0.15, 0.2) is 42.5 Å². The first kappa shape index (κ1) is 23.2. The Hall–Kier alpha value is -2.45. The molecule has 3 N–H and O–H groups in total. The van der Waals surface area contributed by atoms with E-state index in [9.17, 15) is 15.0 Å². The first-order valence-corrected chi connectivity index (χ1v) is 10.5. The largest absolute Gasteiger partial charge is 0.462 e. The van der Waals surface area contributed by atoms with Gasteiger partial charge in [-0.1, -0.05) is 35.9 Å². The zero-order valence-corrected chi connectivity index (χ0v) is 18.4. The molecule has 0 unspecified atom stereocenters. The molecule has 5 atom stereocenters. The van der Waals surface area contributed by atoms with Crippen molar-refractivity contribution in [1.82, 2.24) is 5.32 Å². The lowest BCUT2D eigenvalue weighted by Crippen LogP contribution is -2.58. The third-order valence-electron chi connectivity index (χ3n) is 5.48. The van der Waals surface area contributed by atoms with Crippen molar-refractivity contribution in [2.75, 3.05) is 13.7 Å². The molecule has 7 nitrogen and oxygen atoms in total. The fourth-order valence-corrected chi connectivity index (χ4v) is 3.87. The van der Waals surface area contributed by atoms with Crippen LogP contribution in [0.25, 0.3) is 11.1 Å². The number of amides is 1. The minimum Gasteiger partial charge on any atom is -0.462 e. The normalized spacial score (nSPS) is 25.8. The molecule has 2 aromatic rings. The molecule has 3 rings (SSSR count). The fourth-order valence-electron chi connectivity index (χ4n) is 3.87. The van der Waals surface area contributed by atoms with Gasteiger partial charge in [-0.3, -0.25) is 4.79 Å². The fraction of sp³-hybridized carbons (Fsp3) is 0.458. The van der Waals surface area contributed by atoms with Crippen LogP contribution in [0.3, 0.4) is 0 Å². The van der Waals surface area contributed by atoms with Gasteiger partial charge in [0.05, 0.1) is 6.10 Å². The Kier molecular flexibility index (Phi) is 7.67. The minimum atomic E-state index is -1.25. The van der Waals surface area contributed by atoms with Crippen LogP contribution < -0.4 is 10.1 Å².